The van der Waals surface area contributed by atoms with Crippen molar-refractivity contribution in [2.75, 3.05) is 25.5 Å². The molecule has 3 N–H and O–H groups in total. The standard InChI is InChI=1S/C14H18ClF3N6O2S/c1-20-7-10(6-19)27(25,26)24-4-2-9(3-5-24)22-13-21-8-11(12(15)23-13)14(16,17)18/h6-9H,2-5,19H2,1H3,(H,21,22,23). The fourth-order valence-electron chi connectivity index (χ4n) is 2.52. The van der Waals surface area contributed by atoms with Gasteiger partial charge in [0, 0.05) is 44.8 Å². The lowest BCUT2D eigenvalue weighted by Crippen LogP contribution is -2.43. The highest BCUT2D eigenvalue weighted by atomic mass is 35.5. The van der Waals surface area contributed by atoms with Gasteiger partial charge in [0.2, 0.25) is 16.0 Å². The van der Waals surface area contributed by atoms with Gasteiger partial charge < -0.3 is 11.1 Å². The van der Waals surface area contributed by atoms with E-state index in [0.717, 1.165) is 12.4 Å². The highest BCUT2D eigenvalue weighted by molar-refractivity contribution is 7.93. The molecule has 1 aliphatic heterocycles. The molecular formula is C14H18ClF3N6O2S. The summed E-state index contributed by atoms with van der Waals surface area (Å²) in [6.07, 6.45) is -1.07. The van der Waals surface area contributed by atoms with Gasteiger partial charge in [-0.2, -0.15) is 17.5 Å². The van der Waals surface area contributed by atoms with Crippen LogP contribution in [0.5, 0.6) is 0 Å². The number of nitrogens with one attached hydrogen (secondary N) is 1. The Kier molecular flexibility index (Phi) is 6.65. The summed E-state index contributed by atoms with van der Waals surface area (Å²) in [6, 6.07) is -0.214. The highest BCUT2D eigenvalue weighted by Gasteiger charge is 2.35. The maximum atomic E-state index is 12.7. The third-order valence-electron chi connectivity index (χ3n) is 3.89. The molecule has 1 aromatic heterocycles. The van der Waals surface area contributed by atoms with Crippen LogP contribution in [0, 0.1) is 0 Å². The number of alkyl halides is 3. The zero-order valence-corrected chi connectivity index (χ0v) is 15.8. The van der Waals surface area contributed by atoms with E-state index in [2.05, 4.69) is 20.3 Å². The Morgan fingerprint density at radius 1 is 1.44 bits per heavy atom. The maximum Gasteiger partial charge on any atom is 0.420 e. The van der Waals surface area contributed by atoms with Crippen LogP contribution >= 0.6 is 11.6 Å². The number of piperidine rings is 1. The Hall–Kier alpha value is -1.92. The predicted molar refractivity (Wildman–Crippen MR) is 95.9 cm³/mol. The van der Waals surface area contributed by atoms with Crippen molar-refractivity contribution in [2.24, 2.45) is 10.7 Å². The molecule has 1 saturated heterocycles. The van der Waals surface area contributed by atoms with Gasteiger partial charge in [0.15, 0.2) is 0 Å². The molecule has 0 bridgehead atoms. The maximum absolute atomic E-state index is 12.7. The average Bonchev–Trinajstić information content (AvgIpc) is 2.59. The van der Waals surface area contributed by atoms with Crippen LogP contribution in [0.1, 0.15) is 18.4 Å². The van der Waals surface area contributed by atoms with E-state index < -0.39 is 26.9 Å². The van der Waals surface area contributed by atoms with E-state index in [1.165, 1.54) is 11.4 Å². The molecule has 1 aromatic rings. The van der Waals surface area contributed by atoms with Crippen LogP contribution in [-0.4, -0.2) is 55.1 Å². The number of hydrogen-bond acceptors (Lipinski definition) is 7. The minimum Gasteiger partial charge on any atom is -0.403 e. The van der Waals surface area contributed by atoms with E-state index >= 15 is 0 Å². The van der Waals surface area contributed by atoms with Crippen LogP contribution in [0.2, 0.25) is 5.15 Å². The van der Waals surface area contributed by atoms with Gasteiger partial charge in [-0.15, -0.1) is 0 Å². The predicted octanol–water partition coefficient (Wildman–Crippen LogP) is 1.86. The molecule has 1 fully saturated rings. The van der Waals surface area contributed by atoms with Crippen LogP contribution in [0.25, 0.3) is 0 Å². The molecule has 0 saturated carbocycles. The van der Waals surface area contributed by atoms with Crippen molar-refractivity contribution < 1.29 is 21.6 Å². The number of halogens is 4. The summed E-state index contributed by atoms with van der Waals surface area (Å²) in [7, 11) is -2.31. The zero-order chi connectivity index (χ0) is 20.2. The van der Waals surface area contributed by atoms with E-state index in [1.54, 1.807) is 0 Å². The van der Waals surface area contributed by atoms with E-state index in [1.807, 2.05) is 0 Å². The first-order chi connectivity index (χ1) is 12.6. The van der Waals surface area contributed by atoms with Crippen molar-refractivity contribution in [3.05, 3.63) is 28.0 Å². The fraction of sp³-hybridized carbons (Fsp3) is 0.500. The second-order valence-electron chi connectivity index (χ2n) is 5.67. The van der Waals surface area contributed by atoms with Gasteiger partial charge >= 0.3 is 6.18 Å². The number of aromatic nitrogens is 2. The Morgan fingerprint density at radius 2 is 2.07 bits per heavy atom. The van der Waals surface area contributed by atoms with Crippen molar-refractivity contribution in [1.82, 2.24) is 14.3 Å². The van der Waals surface area contributed by atoms with Gasteiger partial charge in [-0.25, -0.2) is 18.4 Å². The smallest absolute Gasteiger partial charge is 0.403 e. The lowest BCUT2D eigenvalue weighted by Gasteiger charge is -2.31. The number of nitrogens with two attached hydrogens (primary N) is 1. The van der Waals surface area contributed by atoms with Crippen LogP contribution in [-0.2, 0) is 16.2 Å². The first-order valence-corrected chi connectivity index (χ1v) is 9.62. The number of nitrogens with zero attached hydrogens (tertiary/aromatic N) is 4. The summed E-state index contributed by atoms with van der Waals surface area (Å²) in [5.41, 5.74) is 4.24. The molecule has 2 heterocycles. The van der Waals surface area contributed by atoms with E-state index in [-0.39, 0.29) is 30.0 Å². The van der Waals surface area contributed by atoms with Crippen LogP contribution in [0.3, 0.4) is 0 Å². The summed E-state index contributed by atoms with van der Waals surface area (Å²) in [6.45, 7) is 0.395. The third kappa shape index (κ3) is 5.08. The molecule has 0 spiro atoms. The molecule has 0 aliphatic carbocycles. The molecule has 0 atom stereocenters. The van der Waals surface area contributed by atoms with Crippen molar-refractivity contribution in [3.63, 3.8) is 0 Å². The number of aliphatic imine (C=N–C) groups is 1. The Labute approximate surface area is 159 Å². The molecule has 13 heteroatoms. The topological polar surface area (TPSA) is 114 Å². The minimum absolute atomic E-state index is 0.0463. The van der Waals surface area contributed by atoms with Crippen molar-refractivity contribution in [2.45, 2.75) is 25.1 Å². The van der Waals surface area contributed by atoms with E-state index in [4.69, 9.17) is 17.3 Å². The molecular weight excluding hydrogens is 409 g/mol. The Bertz CT molecular complexity index is 836. The van der Waals surface area contributed by atoms with Gasteiger partial charge in [-0.1, -0.05) is 11.6 Å². The number of allylic oxidation sites excluding steroid dienone is 1. The van der Waals surface area contributed by atoms with Gasteiger partial charge in [0.25, 0.3) is 0 Å². The number of anilines is 1. The molecule has 0 amide bonds. The van der Waals surface area contributed by atoms with Gasteiger partial charge in [0.05, 0.1) is 0 Å². The summed E-state index contributed by atoms with van der Waals surface area (Å²) >= 11 is 5.57. The molecule has 0 aromatic carbocycles. The lowest BCUT2D eigenvalue weighted by molar-refractivity contribution is -0.137. The number of sulfonamides is 1. The van der Waals surface area contributed by atoms with Crippen LogP contribution in [0.4, 0.5) is 19.1 Å². The van der Waals surface area contributed by atoms with Crippen molar-refractivity contribution in [3.8, 4) is 0 Å². The molecule has 2 rings (SSSR count). The second-order valence-corrected chi connectivity index (χ2v) is 7.97. The molecule has 27 heavy (non-hydrogen) atoms. The first kappa shape index (κ1) is 21.4. The summed E-state index contributed by atoms with van der Waals surface area (Å²) in [4.78, 5) is 10.8. The van der Waals surface area contributed by atoms with Crippen molar-refractivity contribution in [1.29, 1.82) is 0 Å². The Balaban J connectivity index is 2.02. The molecule has 0 unspecified atom stereocenters. The van der Waals surface area contributed by atoms with Gasteiger partial charge in [-0.05, 0) is 12.8 Å². The second kappa shape index (κ2) is 8.40. The lowest BCUT2D eigenvalue weighted by atomic mass is 10.1. The first-order valence-electron chi connectivity index (χ1n) is 7.80. The third-order valence-corrected chi connectivity index (χ3v) is 6.06. The summed E-state index contributed by atoms with van der Waals surface area (Å²) in [5, 5.41) is 2.18. The zero-order valence-electron chi connectivity index (χ0n) is 14.2. The largest absolute Gasteiger partial charge is 0.420 e. The van der Waals surface area contributed by atoms with Crippen molar-refractivity contribution >= 4 is 33.8 Å². The Morgan fingerprint density at radius 3 is 2.56 bits per heavy atom. The molecule has 1 aliphatic rings. The SMILES string of the molecule is CN=CC(=CN)S(=O)(=O)N1CCC(Nc2ncc(C(F)(F)F)c(Cl)n2)CC1. The van der Waals surface area contributed by atoms with E-state index in [9.17, 15) is 21.6 Å². The monoisotopic (exact) mass is 426 g/mol. The number of hydrogen-bond donors (Lipinski definition) is 2. The van der Waals surface area contributed by atoms with Gasteiger partial charge in [0.1, 0.15) is 15.6 Å². The normalized spacial score (nSPS) is 18.2. The fourth-order valence-corrected chi connectivity index (χ4v) is 4.15. The highest BCUT2D eigenvalue weighted by Crippen LogP contribution is 2.33. The molecule has 150 valence electrons. The summed E-state index contributed by atoms with van der Waals surface area (Å²) in [5.74, 6) is -0.0463. The van der Waals surface area contributed by atoms with Gasteiger partial charge in [-0.3, -0.25) is 4.99 Å². The van der Waals surface area contributed by atoms with Crippen LogP contribution < -0.4 is 11.1 Å². The quantitative estimate of drug-likeness (QED) is 0.548. The molecule has 0 radical (unpaired) electrons. The number of rotatable bonds is 5. The molecule has 8 nitrogen and oxygen atoms in total. The summed E-state index contributed by atoms with van der Waals surface area (Å²) < 4.78 is 64.2. The van der Waals surface area contributed by atoms with E-state index in [0.29, 0.717) is 19.0 Å². The minimum atomic E-state index is -4.63. The average molecular weight is 427 g/mol. The van der Waals surface area contributed by atoms with Crippen LogP contribution in [0.15, 0.2) is 22.3 Å².